The van der Waals surface area contributed by atoms with Crippen molar-refractivity contribution in [1.82, 2.24) is 0 Å². The van der Waals surface area contributed by atoms with Crippen molar-refractivity contribution >= 4 is 39.0 Å². The standard InChI is InChI=1S/C19H17N5O4S/c20-29(27,28)17-10-11-18(19(12-17)24(25)26)23-21-13-14-6-8-16(9-7-14)22-15-4-2-1-3-5-15/h1-13,22-23H,(H2,20,27,28)/b21-13+. The first-order chi connectivity index (χ1) is 13.8. The second-order valence-electron chi connectivity index (χ2n) is 5.96. The molecule has 0 saturated heterocycles. The van der Waals surface area contributed by atoms with Crippen LogP contribution in [0.1, 0.15) is 5.56 Å². The van der Waals surface area contributed by atoms with Gasteiger partial charge in [-0.25, -0.2) is 13.6 Å². The van der Waals surface area contributed by atoms with Gasteiger partial charge < -0.3 is 5.32 Å². The van der Waals surface area contributed by atoms with Gasteiger partial charge in [0, 0.05) is 17.4 Å². The largest absolute Gasteiger partial charge is 0.356 e. The van der Waals surface area contributed by atoms with Gasteiger partial charge in [0.25, 0.3) is 5.69 Å². The molecule has 0 spiro atoms. The average molecular weight is 411 g/mol. The van der Waals surface area contributed by atoms with E-state index < -0.39 is 20.6 Å². The Labute approximate surface area is 167 Å². The van der Waals surface area contributed by atoms with Crippen LogP contribution >= 0.6 is 0 Å². The number of hydrogen-bond donors (Lipinski definition) is 3. The number of benzene rings is 3. The summed E-state index contributed by atoms with van der Waals surface area (Å²) in [6, 6.07) is 20.4. The Balaban J connectivity index is 1.70. The number of sulfonamides is 1. The van der Waals surface area contributed by atoms with Gasteiger partial charge in [-0.05, 0) is 42.0 Å². The Hall–Kier alpha value is -3.76. The minimum atomic E-state index is -4.04. The van der Waals surface area contributed by atoms with E-state index in [1.54, 1.807) is 0 Å². The van der Waals surface area contributed by atoms with Gasteiger partial charge in [-0.1, -0.05) is 30.3 Å². The number of rotatable bonds is 7. The Morgan fingerprint density at radius 2 is 1.62 bits per heavy atom. The number of nitro groups is 1. The molecule has 0 unspecified atom stereocenters. The predicted molar refractivity (Wildman–Crippen MR) is 112 cm³/mol. The van der Waals surface area contributed by atoms with Crippen LogP contribution in [0.15, 0.2) is 82.8 Å². The first-order valence-corrected chi connectivity index (χ1v) is 9.90. The molecule has 0 aliphatic heterocycles. The van der Waals surface area contributed by atoms with E-state index in [1.807, 2.05) is 54.6 Å². The predicted octanol–water partition coefficient (Wildman–Crippen LogP) is 3.43. The Bertz CT molecular complexity index is 1150. The topological polar surface area (TPSA) is 140 Å². The van der Waals surface area contributed by atoms with Crippen molar-refractivity contribution in [2.75, 3.05) is 10.7 Å². The molecule has 0 aliphatic carbocycles. The van der Waals surface area contributed by atoms with Crippen molar-refractivity contribution in [1.29, 1.82) is 0 Å². The number of nitrogens with one attached hydrogen (secondary N) is 2. The number of nitrogens with zero attached hydrogens (tertiary/aromatic N) is 2. The van der Waals surface area contributed by atoms with Gasteiger partial charge in [-0.2, -0.15) is 5.10 Å². The Kier molecular flexibility index (Phi) is 5.86. The number of hydrazone groups is 1. The molecule has 0 bridgehead atoms. The smallest absolute Gasteiger partial charge is 0.295 e. The average Bonchev–Trinajstić information content (AvgIpc) is 2.69. The zero-order valence-corrected chi connectivity index (χ0v) is 15.8. The molecule has 3 rings (SSSR count). The van der Waals surface area contributed by atoms with Crippen LogP contribution in [0.4, 0.5) is 22.7 Å². The lowest BCUT2D eigenvalue weighted by molar-refractivity contribution is -0.384. The Morgan fingerprint density at radius 1 is 0.966 bits per heavy atom. The first kappa shape index (κ1) is 20.0. The summed E-state index contributed by atoms with van der Waals surface area (Å²) in [4.78, 5) is 10.1. The maximum atomic E-state index is 11.4. The Morgan fingerprint density at radius 3 is 2.24 bits per heavy atom. The highest BCUT2D eigenvalue weighted by Gasteiger charge is 2.18. The zero-order valence-electron chi connectivity index (χ0n) is 15.0. The molecule has 3 aromatic carbocycles. The summed E-state index contributed by atoms with van der Waals surface area (Å²) in [5, 5.41) is 23.4. The molecule has 29 heavy (non-hydrogen) atoms. The zero-order chi connectivity index (χ0) is 20.9. The summed E-state index contributed by atoms with van der Waals surface area (Å²) in [6.07, 6.45) is 1.49. The van der Waals surface area contributed by atoms with Crippen molar-refractivity contribution in [3.8, 4) is 0 Å². The molecule has 0 fully saturated rings. The van der Waals surface area contributed by atoms with Crippen molar-refractivity contribution in [3.63, 3.8) is 0 Å². The van der Waals surface area contributed by atoms with Crippen LogP contribution in [-0.4, -0.2) is 19.6 Å². The van der Waals surface area contributed by atoms with Gasteiger partial charge in [0.15, 0.2) is 0 Å². The molecule has 9 nitrogen and oxygen atoms in total. The number of para-hydroxylation sites is 1. The second-order valence-corrected chi connectivity index (χ2v) is 7.53. The normalized spacial score (nSPS) is 11.3. The molecule has 0 radical (unpaired) electrons. The molecule has 0 amide bonds. The van der Waals surface area contributed by atoms with Gasteiger partial charge in [0.1, 0.15) is 5.69 Å². The summed E-state index contributed by atoms with van der Waals surface area (Å²) in [5.41, 5.74) is 4.77. The lowest BCUT2D eigenvalue weighted by Crippen LogP contribution is -2.12. The molecule has 0 saturated carbocycles. The molecule has 0 atom stereocenters. The summed E-state index contributed by atoms with van der Waals surface area (Å²) in [7, 11) is -4.04. The molecular weight excluding hydrogens is 394 g/mol. The fraction of sp³-hybridized carbons (Fsp3) is 0. The molecule has 0 aliphatic rings. The molecular formula is C19H17N5O4S. The van der Waals surface area contributed by atoms with E-state index in [0.717, 1.165) is 23.0 Å². The highest BCUT2D eigenvalue weighted by atomic mass is 32.2. The van der Waals surface area contributed by atoms with Crippen LogP contribution in [-0.2, 0) is 10.0 Å². The van der Waals surface area contributed by atoms with Gasteiger partial charge in [0.05, 0.1) is 16.0 Å². The summed E-state index contributed by atoms with van der Waals surface area (Å²) < 4.78 is 22.7. The summed E-state index contributed by atoms with van der Waals surface area (Å²) in [6.45, 7) is 0. The second kappa shape index (κ2) is 8.50. The van der Waals surface area contributed by atoms with E-state index in [2.05, 4.69) is 15.8 Å². The third-order valence-corrected chi connectivity index (χ3v) is 4.78. The molecule has 4 N–H and O–H groups in total. The van der Waals surface area contributed by atoms with Crippen molar-refractivity contribution in [2.24, 2.45) is 10.2 Å². The van der Waals surface area contributed by atoms with E-state index in [-0.39, 0.29) is 10.6 Å². The van der Waals surface area contributed by atoms with Crippen molar-refractivity contribution < 1.29 is 13.3 Å². The SMILES string of the molecule is NS(=O)(=O)c1ccc(N/N=C/c2ccc(Nc3ccccc3)cc2)c([N+](=O)[O-])c1. The van der Waals surface area contributed by atoms with Crippen LogP contribution in [0, 0.1) is 10.1 Å². The maximum absolute atomic E-state index is 11.4. The van der Waals surface area contributed by atoms with E-state index in [1.165, 1.54) is 18.3 Å². The molecule has 0 heterocycles. The molecule has 0 aromatic heterocycles. The maximum Gasteiger partial charge on any atom is 0.295 e. The summed E-state index contributed by atoms with van der Waals surface area (Å²) >= 11 is 0. The number of nitro benzene ring substituents is 1. The third kappa shape index (κ3) is 5.37. The molecule has 10 heteroatoms. The van der Waals surface area contributed by atoms with Crippen LogP contribution in [0.3, 0.4) is 0 Å². The fourth-order valence-electron chi connectivity index (χ4n) is 2.45. The van der Waals surface area contributed by atoms with Crippen molar-refractivity contribution in [3.05, 3.63) is 88.5 Å². The minimum Gasteiger partial charge on any atom is -0.356 e. The van der Waals surface area contributed by atoms with E-state index in [4.69, 9.17) is 5.14 Å². The summed E-state index contributed by atoms with van der Waals surface area (Å²) in [5.74, 6) is 0. The number of nitrogens with two attached hydrogens (primary N) is 1. The van der Waals surface area contributed by atoms with Crippen LogP contribution in [0.5, 0.6) is 0 Å². The monoisotopic (exact) mass is 411 g/mol. The van der Waals surface area contributed by atoms with E-state index in [9.17, 15) is 18.5 Å². The van der Waals surface area contributed by atoms with E-state index in [0.29, 0.717) is 0 Å². The molecule has 148 valence electrons. The van der Waals surface area contributed by atoms with Crippen LogP contribution < -0.4 is 15.9 Å². The third-order valence-electron chi connectivity index (χ3n) is 3.87. The quantitative estimate of drug-likeness (QED) is 0.309. The van der Waals surface area contributed by atoms with Gasteiger partial charge in [-0.3, -0.25) is 15.5 Å². The van der Waals surface area contributed by atoms with Gasteiger partial charge in [-0.15, -0.1) is 0 Å². The lowest BCUT2D eigenvalue weighted by atomic mass is 10.2. The lowest BCUT2D eigenvalue weighted by Gasteiger charge is -2.06. The molecule has 3 aromatic rings. The number of anilines is 3. The van der Waals surface area contributed by atoms with E-state index >= 15 is 0 Å². The van der Waals surface area contributed by atoms with Crippen LogP contribution in [0.2, 0.25) is 0 Å². The fourth-order valence-corrected chi connectivity index (χ4v) is 2.98. The number of hydrogen-bond acceptors (Lipinski definition) is 7. The van der Waals surface area contributed by atoms with Gasteiger partial charge in [0.2, 0.25) is 10.0 Å². The van der Waals surface area contributed by atoms with Gasteiger partial charge >= 0.3 is 0 Å². The van der Waals surface area contributed by atoms with Crippen LogP contribution in [0.25, 0.3) is 0 Å². The highest BCUT2D eigenvalue weighted by Crippen LogP contribution is 2.27. The highest BCUT2D eigenvalue weighted by molar-refractivity contribution is 7.89. The van der Waals surface area contributed by atoms with Crippen molar-refractivity contribution in [2.45, 2.75) is 4.90 Å². The number of primary sulfonamides is 1. The first-order valence-electron chi connectivity index (χ1n) is 8.35. The minimum absolute atomic E-state index is 0.0426.